The van der Waals surface area contributed by atoms with Crippen LogP contribution in [0.15, 0.2) is 4.52 Å². The maximum atomic E-state index is 12.1. The summed E-state index contributed by atoms with van der Waals surface area (Å²) < 4.78 is 5.35. The van der Waals surface area contributed by atoms with Crippen molar-refractivity contribution in [2.75, 3.05) is 26.2 Å². The van der Waals surface area contributed by atoms with Crippen molar-refractivity contribution in [3.05, 3.63) is 17.0 Å². The molecule has 25 heavy (non-hydrogen) atoms. The Labute approximate surface area is 156 Å². The summed E-state index contributed by atoms with van der Waals surface area (Å²) in [6.07, 6.45) is 5.36. The van der Waals surface area contributed by atoms with E-state index >= 15 is 0 Å². The van der Waals surface area contributed by atoms with Crippen molar-refractivity contribution in [1.29, 1.82) is 0 Å². The first kappa shape index (κ1) is 20.2. The summed E-state index contributed by atoms with van der Waals surface area (Å²) >= 11 is 0. The Morgan fingerprint density at radius 3 is 2.96 bits per heavy atom. The Kier molecular flexibility index (Phi) is 7.72. The monoisotopic (exact) mass is 370 g/mol. The Hall–Kier alpha value is -1.11. The van der Waals surface area contributed by atoms with Gasteiger partial charge in [0.2, 0.25) is 5.91 Å². The first-order valence-corrected chi connectivity index (χ1v) is 9.34. The van der Waals surface area contributed by atoms with Gasteiger partial charge in [-0.3, -0.25) is 9.69 Å². The smallest absolute Gasteiger partial charge is 0.237 e. The van der Waals surface area contributed by atoms with Gasteiger partial charge in [0.15, 0.2) is 0 Å². The van der Waals surface area contributed by atoms with Crippen LogP contribution in [0, 0.1) is 12.8 Å². The van der Waals surface area contributed by atoms with E-state index in [1.54, 1.807) is 0 Å². The molecule has 1 aromatic rings. The van der Waals surface area contributed by atoms with Crippen molar-refractivity contribution in [3.63, 3.8) is 0 Å². The summed E-state index contributed by atoms with van der Waals surface area (Å²) in [4.78, 5) is 14.6. The van der Waals surface area contributed by atoms with E-state index in [0.717, 1.165) is 63.4 Å². The number of aryl methyl sites for hydroxylation is 2. The van der Waals surface area contributed by atoms with Gasteiger partial charge in [0, 0.05) is 25.2 Å². The second-order valence-electron chi connectivity index (χ2n) is 7.16. The molecule has 0 spiro atoms. The molecule has 2 unspecified atom stereocenters. The number of halogens is 1. The maximum absolute atomic E-state index is 12.1. The fraction of sp³-hybridized carbons (Fsp3) is 0.778. The van der Waals surface area contributed by atoms with Gasteiger partial charge in [-0.2, -0.15) is 0 Å². The molecule has 2 aliphatic heterocycles. The molecule has 0 radical (unpaired) electrons. The molecule has 2 atom stereocenters. The van der Waals surface area contributed by atoms with Gasteiger partial charge in [-0.25, -0.2) is 0 Å². The number of nitrogens with zero attached hydrogens (tertiary/aromatic N) is 2. The topological polar surface area (TPSA) is 70.4 Å². The Morgan fingerprint density at radius 2 is 2.24 bits per heavy atom. The number of hydrogen-bond acceptors (Lipinski definition) is 5. The van der Waals surface area contributed by atoms with Crippen molar-refractivity contribution in [3.8, 4) is 0 Å². The minimum Gasteiger partial charge on any atom is -0.361 e. The molecule has 0 bridgehead atoms. The quantitative estimate of drug-likeness (QED) is 0.802. The van der Waals surface area contributed by atoms with Crippen LogP contribution in [0.2, 0.25) is 0 Å². The maximum Gasteiger partial charge on any atom is 0.237 e. The van der Waals surface area contributed by atoms with Crippen LogP contribution < -0.4 is 10.6 Å². The van der Waals surface area contributed by atoms with Gasteiger partial charge in [0.25, 0.3) is 0 Å². The summed E-state index contributed by atoms with van der Waals surface area (Å²) in [6, 6.07) is 0.0245. The number of rotatable bonds is 6. The predicted molar refractivity (Wildman–Crippen MR) is 99.9 cm³/mol. The van der Waals surface area contributed by atoms with Crippen LogP contribution in [0.1, 0.15) is 49.6 Å². The zero-order chi connectivity index (χ0) is 16.9. The summed E-state index contributed by atoms with van der Waals surface area (Å²) in [6.45, 7) is 8.93. The highest BCUT2D eigenvalue weighted by molar-refractivity contribution is 5.85. The molecule has 2 saturated heterocycles. The highest BCUT2D eigenvalue weighted by Gasteiger charge is 2.25. The van der Waals surface area contributed by atoms with E-state index in [1.165, 1.54) is 18.4 Å². The fourth-order valence-electron chi connectivity index (χ4n) is 3.88. The molecule has 3 heterocycles. The Morgan fingerprint density at radius 1 is 1.40 bits per heavy atom. The third kappa shape index (κ3) is 5.19. The van der Waals surface area contributed by atoms with Crippen LogP contribution in [0.5, 0.6) is 0 Å². The van der Waals surface area contributed by atoms with E-state index in [1.807, 2.05) is 6.92 Å². The normalized spacial score (nSPS) is 24.1. The lowest BCUT2D eigenvalue weighted by atomic mass is 9.97. The molecular formula is C18H31ClN4O2. The second kappa shape index (κ2) is 9.55. The largest absolute Gasteiger partial charge is 0.361 e. The zero-order valence-corrected chi connectivity index (χ0v) is 16.2. The fourth-order valence-corrected chi connectivity index (χ4v) is 3.88. The molecule has 2 aliphatic rings. The standard InChI is InChI=1S/C18H30N4O2.ClH/c1-3-16-15(13(2)24-21-16)12-22-9-5-6-14(11-22)10-20-18(23)17-7-4-8-19-17;/h14,17,19H,3-12H2,1-2H3,(H,20,23);1H. The predicted octanol–water partition coefficient (Wildman–Crippen LogP) is 2.05. The number of carbonyl (C=O) groups excluding carboxylic acids is 1. The first-order chi connectivity index (χ1) is 11.7. The van der Waals surface area contributed by atoms with Crippen molar-refractivity contribution in [2.45, 2.75) is 58.5 Å². The highest BCUT2D eigenvalue weighted by atomic mass is 35.5. The van der Waals surface area contributed by atoms with E-state index in [9.17, 15) is 4.79 Å². The van der Waals surface area contributed by atoms with Gasteiger partial charge in [-0.05, 0) is 58.0 Å². The Balaban J connectivity index is 0.00000225. The average Bonchev–Trinajstić information content (AvgIpc) is 3.24. The number of amides is 1. The van der Waals surface area contributed by atoms with Crippen LogP contribution in [0.25, 0.3) is 0 Å². The zero-order valence-electron chi connectivity index (χ0n) is 15.3. The average molecular weight is 371 g/mol. The minimum absolute atomic E-state index is 0. The van der Waals surface area contributed by atoms with Crippen LogP contribution in [0.4, 0.5) is 0 Å². The van der Waals surface area contributed by atoms with E-state index in [-0.39, 0.29) is 24.4 Å². The van der Waals surface area contributed by atoms with Gasteiger partial charge in [0.1, 0.15) is 5.76 Å². The number of piperidine rings is 1. The second-order valence-corrected chi connectivity index (χ2v) is 7.16. The molecule has 2 fully saturated rings. The molecule has 0 aliphatic carbocycles. The molecule has 1 aromatic heterocycles. The number of carbonyl (C=O) groups is 1. The summed E-state index contributed by atoms with van der Waals surface area (Å²) in [5.41, 5.74) is 2.33. The summed E-state index contributed by atoms with van der Waals surface area (Å²) in [5, 5.41) is 10.6. The molecule has 2 N–H and O–H groups in total. The van der Waals surface area contributed by atoms with E-state index in [4.69, 9.17) is 4.52 Å². The number of nitrogens with one attached hydrogen (secondary N) is 2. The van der Waals surface area contributed by atoms with Crippen molar-refractivity contribution < 1.29 is 9.32 Å². The lowest BCUT2D eigenvalue weighted by Crippen LogP contribution is -2.45. The lowest BCUT2D eigenvalue weighted by molar-refractivity contribution is -0.123. The van der Waals surface area contributed by atoms with Gasteiger partial charge >= 0.3 is 0 Å². The third-order valence-corrected chi connectivity index (χ3v) is 5.33. The van der Waals surface area contributed by atoms with E-state index < -0.39 is 0 Å². The SMILES string of the molecule is CCc1noc(C)c1CN1CCCC(CNC(=O)C2CCCN2)C1.Cl. The van der Waals surface area contributed by atoms with Crippen LogP contribution >= 0.6 is 12.4 Å². The molecular weight excluding hydrogens is 340 g/mol. The van der Waals surface area contributed by atoms with E-state index in [2.05, 4.69) is 27.6 Å². The van der Waals surface area contributed by atoms with Gasteiger partial charge < -0.3 is 15.2 Å². The Bertz CT molecular complexity index is 557. The van der Waals surface area contributed by atoms with Crippen LogP contribution in [0.3, 0.4) is 0 Å². The lowest BCUT2D eigenvalue weighted by Gasteiger charge is -2.33. The van der Waals surface area contributed by atoms with Crippen molar-refractivity contribution in [2.24, 2.45) is 5.92 Å². The number of aromatic nitrogens is 1. The first-order valence-electron chi connectivity index (χ1n) is 9.34. The van der Waals surface area contributed by atoms with Crippen LogP contribution in [-0.2, 0) is 17.8 Å². The van der Waals surface area contributed by atoms with Crippen molar-refractivity contribution in [1.82, 2.24) is 20.7 Å². The summed E-state index contributed by atoms with van der Waals surface area (Å²) in [7, 11) is 0. The number of hydrogen-bond donors (Lipinski definition) is 2. The highest BCUT2D eigenvalue weighted by Crippen LogP contribution is 2.22. The molecule has 3 rings (SSSR count). The third-order valence-electron chi connectivity index (χ3n) is 5.33. The van der Waals surface area contributed by atoms with Gasteiger partial charge in [-0.1, -0.05) is 12.1 Å². The molecule has 1 amide bonds. The molecule has 142 valence electrons. The van der Waals surface area contributed by atoms with E-state index in [0.29, 0.717) is 5.92 Å². The molecule has 0 aromatic carbocycles. The summed E-state index contributed by atoms with van der Waals surface area (Å²) in [5.74, 6) is 1.65. The van der Waals surface area contributed by atoms with Gasteiger partial charge in [-0.15, -0.1) is 12.4 Å². The van der Waals surface area contributed by atoms with Crippen LogP contribution in [-0.4, -0.2) is 48.2 Å². The molecule has 6 nitrogen and oxygen atoms in total. The molecule has 0 saturated carbocycles. The minimum atomic E-state index is 0. The number of likely N-dealkylation sites (tertiary alicyclic amines) is 1. The molecule has 7 heteroatoms. The van der Waals surface area contributed by atoms with Gasteiger partial charge in [0.05, 0.1) is 11.7 Å². The van der Waals surface area contributed by atoms with Crippen molar-refractivity contribution >= 4 is 18.3 Å².